The second-order valence-corrected chi connectivity index (χ2v) is 7.44. The van der Waals surface area contributed by atoms with Crippen LogP contribution in [0.5, 0.6) is 0 Å². The predicted octanol–water partition coefficient (Wildman–Crippen LogP) is 3.62. The van der Waals surface area contributed by atoms with Crippen molar-refractivity contribution in [2.45, 2.75) is 18.9 Å². The Balaban J connectivity index is 0.00000121. The van der Waals surface area contributed by atoms with Crippen molar-refractivity contribution in [1.29, 1.82) is 0 Å². The first kappa shape index (κ1) is 21.3. The average Bonchev–Trinajstić information content (AvgIpc) is 3.03. The van der Waals surface area contributed by atoms with Crippen molar-refractivity contribution in [1.82, 2.24) is 9.88 Å². The molecular weight excluding hydrogens is 395 g/mol. The lowest BCUT2D eigenvalue weighted by molar-refractivity contribution is 0.0745. The maximum atomic E-state index is 6.53. The molecule has 2 aliphatic heterocycles. The van der Waals surface area contributed by atoms with Gasteiger partial charge in [0.05, 0.1) is 17.3 Å². The number of halogens is 3. The van der Waals surface area contributed by atoms with Gasteiger partial charge in [-0.3, -0.25) is 4.90 Å². The molecule has 0 unspecified atom stereocenters. The number of hydrogen-bond donors (Lipinski definition) is 1. The van der Waals surface area contributed by atoms with Crippen molar-refractivity contribution in [3.05, 3.63) is 29.4 Å². The Hall–Kier alpha value is -0.980. The number of piperazine rings is 1. The first-order valence-electron chi connectivity index (χ1n) is 8.48. The summed E-state index contributed by atoms with van der Waals surface area (Å²) < 4.78 is 5.61. The van der Waals surface area contributed by atoms with Crippen LogP contribution in [0.4, 0.5) is 11.5 Å². The fourth-order valence-electron chi connectivity index (χ4n) is 3.81. The maximum Gasteiger partial charge on any atom is 0.123 e. The van der Waals surface area contributed by atoms with E-state index in [4.69, 9.17) is 22.1 Å². The summed E-state index contributed by atoms with van der Waals surface area (Å²) in [6, 6.07) is 6.02. The zero-order valence-electron chi connectivity index (χ0n) is 14.8. The molecule has 26 heavy (non-hydrogen) atoms. The summed E-state index contributed by atoms with van der Waals surface area (Å²) in [6.45, 7) is 8.05. The smallest absolute Gasteiger partial charge is 0.123 e. The highest BCUT2D eigenvalue weighted by molar-refractivity contribution is 6.34. The number of rotatable bonds is 2. The van der Waals surface area contributed by atoms with Gasteiger partial charge >= 0.3 is 0 Å². The summed E-state index contributed by atoms with van der Waals surface area (Å²) in [5.41, 5.74) is 7.10. The minimum Gasteiger partial charge on any atom is -0.384 e. The predicted molar refractivity (Wildman–Crippen MR) is 113 cm³/mol. The van der Waals surface area contributed by atoms with E-state index in [1.165, 1.54) is 0 Å². The Morgan fingerprint density at radius 3 is 2.50 bits per heavy atom. The molecule has 2 fully saturated rings. The molecule has 8 heteroatoms. The Morgan fingerprint density at radius 2 is 1.85 bits per heavy atom. The Kier molecular flexibility index (Phi) is 6.86. The molecule has 0 amide bonds. The monoisotopic (exact) mass is 418 g/mol. The molecule has 0 aliphatic carbocycles. The molecule has 2 N–H and O–H groups in total. The van der Waals surface area contributed by atoms with Crippen molar-refractivity contribution in [3.63, 3.8) is 0 Å². The molecule has 2 saturated heterocycles. The fraction of sp³-hybridized carbons (Fsp3) is 0.500. The van der Waals surface area contributed by atoms with Crippen molar-refractivity contribution in [2.75, 3.05) is 50.0 Å². The minimum absolute atomic E-state index is 0. The van der Waals surface area contributed by atoms with Crippen LogP contribution in [0.25, 0.3) is 10.8 Å². The Labute approximate surface area is 171 Å². The van der Waals surface area contributed by atoms with Crippen LogP contribution in [0.3, 0.4) is 0 Å². The highest BCUT2D eigenvalue weighted by Crippen LogP contribution is 2.33. The van der Waals surface area contributed by atoms with Crippen LogP contribution in [-0.4, -0.2) is 54.8 Å². The fourth-order valence-corrected chi connectivity index (χ4v) is 4.10. The number of nitrogens with two attached hydrogens (primary N) is 1. The number of fused-ring (bicyclic) bond motifs is 1. The summed E-state index contributed by atoms with van der Waals surface area (Å²) in [5, 5.41) is 2.88. The van der Waals surface area contributed by atoms with Crippen molar-refractivity contribution >= 4 is 58.7 Å². The number of ether oxygens (including phenoxy) is 1. The van der Waals surface area contributed by atoms with Gasteiger partial charge in [0.2, 0.25) is 0 Å². The van der Waals surface area contributed by atoms with E-state index in [0.29, 0.717) is 5.82 Å². The van der Waals surface area contributed by atoms with Crippen LogP contribution < -0.4 is 10.6 Å². The molecule has 1 atom stereocenters. The summed E-state index contributed by atoms with van der Waals surface area (Å²) in [5.74, 6) is 0.537. The van der Waals surface area contributed by atoms with E-state index < -0.39 is 0 Å². The highest BCUT2D eigenvalue weighted by Gasteiger charge is 2.37. The van der Waals surface area contributed by atoms with Gasteiger partial charge in [0, 0.05) is 49.9 Å². The SMILES string of the molecule is C[C@@]1(N2CCN(c3cc4cc(N)ncc4cc3Cl)CC2)CCOC1.Cl.Cl. The van der Waals surface area contributed by atoms with Crippen molar-refractivity contribution in [2.24, 2.45) is 0 Å². The second kappa shape index (κ2) is 8.36. The number of pyridine rings is 1. The third-order valence-electron chi connectivity index (χ3n) is 5.39. The second-order valence-electron chi connectivity index (χ2n) is 7.03. The largest absolute Gasteiger partial charge is 0.384 e. The first-order chi connectivity index (χ1) is 11.5. The molecule has 2 aliphatic rings. The molecule has 0 saturated carbocycles. The lowest BCUT2D eigenvalue weighted by Crippen LogP contribution is -2.56. The van der Waals surface area contributed by atoms with Crippen LogP contribution >= 0.6 is 36.4 Å². The van der Waals surface area contributed by atoms with Gasteiger partial charge in [-0.1, -0.05) is 11.6 Å². The summed E-state index contributed by atoms with van der Waals surface area (Å²) in [4.78, 5) is 9.07. The molecule has 0 bridgehead atoms. The standard InChI is InChI=1S/C18H23ClN4O.2ClH/c1-18(2-7-24-12-18)23-5-3-22(4-6-23)16-9-13-10-17(20)21-11-14(13)8-15(16)19;;/h8-11H,2-7,12H2,1H3,(H2,20,21);2*1H/t18-;;/m1../s1. The lowest BCUT2D eigenvalue weighted by Gasteiger charge is -2.44. The molecule has 3 heterocycles. The van der Waals surface area contributed by atoms with Gasteiger partial charge in [-0.2, -0.15) is 0 Å². The van der Waals surface area contributed by atoms with Gasteiger partial charge in [-0.05, 0) is 36.9 Å². The van der Waals surface area contributed by atoms with Crippen LogP contribution in [-0.2, 0) is 4.74 Å². The number of nitrogens with zero attached hydrogens (tertiary/aromatic N) is 3. The molecule has 0 radical (unpaired) electrons. The van der Waals surface area contributed by atoms with Crippen molar-refractivity contribution < 1.29 is 4.74 Å². The van der Waals surface area contributed by atoms with E-state index in [1.54, 1.807) is 6.20 Å². The van der Waals surface area contributed by atoms with E-state index in [0.717, 1.165) is 67.3 Å². The van der Waals surface area contributed by atoms with Crippen LogP contribution in [0.1, 0.15) is 13.3 Å². The molecule has 1 aromatic carbocycles. The van der Waals surface area contributed by atoms with Crippen LogP contribution in [0.2, 0.25) is 5.02 Å². The van der Waals surface area contributed by atoms with E-state index >= 15 is 0 Å². The van der Waals surface area contributed by atoms with Gasteiger partial charge < -0.3 is 15.4 Å². The molecule has 144 valence electrons. The Morgan fingerprint density at radius 1 is 1.12 bits per heavy atom. The number of nitrogen functional groups attached to an aromatic ring is 1. The normalized spacial score (nSPS) is 23.5. The van der Waals surface area contributed by atoms with Crippen LogP contribution in [0.15, 0.2) is 24.4 Å². The van der Waals surface area contributed by atoms with Gasteiger partial charge in [0.25, 0.3) is 0 Å². The first-order valence-corrected chi connectivity index (χ1v) is 8.85. The lowest BCUT2D eigenvalue weighted by atomic mass is 9.98. The van der Waals surface area contributed by atoms with E-state index in [-0.39, 0.29) is 30.4 Å². The third-order valence-corrected chi connectivity index (χ3v) is 5.69. The molecule has 2 aromatic rings. The molecule has 1 aromatic heterocycles. The van der Waals surface area contributed by atoms with E-state index in [1.807, 2.05) is 12.1 Å². The Bertz CT molecular complexity index is 759. The highest BCUT2D eigenvalue weighted by atomic mass is 35.5. The number of aromatic nitrogens is 1. The van der Waals surface area contributed by atoms with E-state index in [9.17, 15) is 0 Å². The number of benzene rings is 1. The summed E-state index contributed by atoms with van der Waals surface area (Å²) in [7, 11) is 0. The molecule has 5 nitrogen and oxygen atoms in total. The van der Waals surface area contributed by atoms with Gasteiger partial charge in [-0.15, -0.1) is 24.8 Å². The number of hydrogen-bond acceptors (Lipinski definition) is 5. The molecule has 4 rings (SSSR count). The maximum absolute atomic E-state index is 6.53. The van der Waals surface area contributed by atoms with Crippen molar-refractivity contribution in [3.8, 4) is 0 Å². The van der Waals surface area contributed by atoms with Gasteiger partial charge in [-0.25, -0.2) is 4.98 Å². The molecule has 0 spiro atoms. The van der Waals surface area contributed by atoms with Gasteiger partial charge in [0.1, 0.15) is 5.82 Å². The summed E-state index contributed by atoms with van der Waals surface area (Å²) in [6.07, 6.45) is 2.90. The summed E-state index contributed by atoms with van der Waals surface area (Å²) >= 11 is 6.53. The average molecular weight is 420 g/mol. The zero-order valence-corrected chi connectivity index (χ0v) is 17.2. The minimum atomic E-state index is 0. The third kappa shape index (κ3) is 3.97. The van der Waals surface area contributed by atoms with Crippen LogP contribution in [0, 0.1) is 0 Å². The van der Waals surface area contributed by atoms with Gasteiger partial charge in [0.15, 0.2) is 0 Å². The number of anilines is 2. The zero-order chi connectivity index (χ0) is 16.7. The van der Waals surface area contributed by atoms with E-state index in [2.05, 4.69) is 27.8 Å². The molecular formula is C18H25Cl3N4O. The topological polar surface area (TPSA) is 54.6 Å². The quantitative estimate of drug-likeness (QED) is 0.806.